The van der Waals surface area contributed by atoms with Crippen LogP contribution in [0, 0.1) is 34.3 Å². The summed E-state index contributed by atoms with van der Waals surface area (Å²) in [5.74, 6) is -2.10. The third-order valence-electron chi connectivity index (χ3n) is 11.0. The van der Waals surface area contributed by atoms with E-state index in [0.29, 0.717) is 99.6 Å². The number of fused-ring (bicyclic) bond motifs is 4. The van der Waals surface area contributed by atoms with Crippen molar-refractivity contribution in [3.05, 3.63) is 210 Å². The van der Waals surface area contributed by atoms with Gasteiger partial charge in [0, 0.05) is 124 Å². The number of hydrogen-bond donors (Lipinski definition) is 5. The third-order valence-corrected chi connectivity index (χ3v) is 12.1. The number of aromatic nitrogens is 6. The number of nitriles is 2. The van der Waals surface area contributed by atoms with Gasteiger partial charge in [-0.2, -0.15) is 10.5 Å². The number of pyridine rings is 4. The second kappa shape index (κ2) is 25.2. The van der Waals surface area contributed by atoms with Crippen molar-refractivity contribution in [2.45, 2.75) is 25.9 Å². The zero-order valence-corrected chi connectivity index (χ0v) is 42.0. The number of carbonyl (C=O) groups excluding carboxylic acids is 1. The first-order valence-corrected chi connectivity index (χ1v) is 23.0. The van der Waals surface area contributed by atoms with E-state index in [1.807, 2.05) is 12.1 Å². The maximum absolute atomic E-state index is 14.4. The summed E-state index contributed by atoms with van der Waals surface area (Å²) in [5.41, 5.74) is 13.0. The molecule has 6 heterocycles. The van der Waals surface area contributed by atoms with Crippen molar-refractivity contribution >= 4 is 114 Å². The Morgan fingerprint density at radius 1 is 0.703 bits per heavy atom. The number of aromatic carboxylic acids is 1. The summed E-state index contributed by atoms with van der Waals surface area (Å²) in [6.45, 7) is 0.188. The Kier molecular flexibility index (Phi) is 18.4. The van der Waals surface area contributed by atoms with Crippen molar-refractivity contribution in [1.29, 1.82) is 10.5 Å². The van der Waals surface area contributed by atoms with E-state index in [2.05, 4.69) is 47.4 Å². The molecule has 21 heteroatoms. The van der Waals surface area contributed by atoms with Gasteiger partial charge in [0.2, 0.25) is 0 Å². The number of nitrogens with one attached hydrogen (secondary N) is 3. The molecular weight excluding hydrogens is 1060 g/mol. The van der Waals surface area contributed by atoms with Crippen molar-refractivity contribution in [3.8, 4) is 12.1 Å². The fourth-order valence-corrected chi connectivity index (χ4v) is 8.42. The van der Waals surface area contributed by atoms with Gasteiger partial charge in [0.25, 0.3) is 5.91 Å². The fourth-order valence-electron chi connectivity index (χ4n) is 7.66. The first kappa shape index (κ1) is 54.0. The van der Waals surface area contributed by atoms with E-state index in [0.717, 1.165) is 27.3 Å². The van der Waals surface area contributed by atoms with Crippen molar-refractivity contribution in [2.24, 2.45) is 5.73 Å². The summed E-state index contributed by atoms with van der Waals surface area (Å²) in [6.07, 6.45) is 10.0. The largest absolute Gasteiger partial charge is 0.478 e. The van der Waals surface area contributed by atoms with E-state index in [-0.39, 0.29) is 42.8 Å². The molecule has 13 nitrogen and oxygen atoms in total. The zero-order chi connectivity index (χ0) is 53.1. The maximum atomic E-state index is 14.4. The molecule has 0 aliphatic rings. The number of nitrogens with two attached hydrogens (primary N) is 1. The Bertz CT molecular complexity index is 3830. The lowest BCUT2D eigenvalue weighted by Crippen LogP contribution is -2.23. The van der Waals surface area contributed by atoms with Crippen LogP contribution in [0.3, 0.4) is 0 Å². The van der Waals surface area contributed by atoms with Crippen LogP contribution in [0.5, 0.6) is 0 Å². The molecular formula is C53H38Cl5F3N10O3. The number of carbonyl (C=O) groups is 2. The molecule has 0 saturated carbocycles. The first-order valence-electron chi connectivity index (χ1n) is 22.2. The lowest BCUT2D eigenvalue weighted by molar-refractivity contribution is 0.0696. The lowest BCUT2D eigenvalue weighted by Gasteiger charge is -2.09. The molecule has 6 aromatic heterocycles. The predicted molar refractivity (Wildman–Crippen MR) is 284 cm³/mol. The number of hydrogen-bond acceptors (Lipinski definition) is 9. The van der Waals surface area contributed by atoms with Gasteiger partial charge in [-0.25, -0.2) is 13.6 Å². The summed E-state index contributed by atoms with van der Waals surface area (Å²) >= 11 is 24.0. The molecule has 0 radical (unpaired) electrons. The summed E-state index contributed by atoms with van der Waals surface area (Å²) < 4.78 is 43.1. The number of nitrogens with zero attached hydrogens (tertiary/aromatic N) is 6. The Hall–Kier alpha value is -7.80. The number of carboxylic acids is 1. The minimum absolute atomic E-state index is 0. The molecule has 0 atom stereocenters. The molecule has 6 N–H and O–H groups in total. The molecule has 0 saturated heterocycles. The lowest BCUT2D eigenvalue weighted by atomic mass is 10.0. The molecule has 0 spiro atoms. The van der Waals surface area contributed by atoms with Crippen molar-refractivity contribution < 1.29 is 29.2 Å². The van der Waals surface area contributed by atoms with Crippen LogP contribution in [0.25, 0.3) is 43.6 Å². The van der Waals surface area contributed by atoms with Crippen molar-refractivity contribution in [2.75, 3.05) is 7.15 Å². The molecule has 10 rings (SSSR count). The number of aromatic amines is 2. The second-order valence-corrected chi connectivity index (χ2v) is 17.5. The van der Waals surface area contributed by atoms with Gasteiger partial charge >= 0.3 is 5.97 Å². The van der Waals surface area contributed by atoms with Gasteiger partial charge in [-0.15, -0.1) is 12.4 Å². The van der Waals surface area contributed by atoms with E-state index < -0.39 is 18.9 Å². The van der Waals surface area contributed by atoms with Crippen LogP contribution in [-0.4, -0.2) is 54.0 Å². The molecule has 10 aromatic rings. The van der Waals surface area contributed by atoms with Crippen LogP contribution >= 0.6 is 58.8 Å². The summed E-state index contributed by atoms with van der Waals surface area (Å²) in [6, 6.07) is 27.3. The molecule has 0 aliphatic heterocycles. The number of amides is 1. The normalized spacial score (nSPS) is 10.6. The standard InChI is InChI=1S/C26H16Cl2FN5O.C17H10ClN3O2.C9H8ClFN2.CH3F.ClH/c27-19-6-16-3-14(4-17(10-30)25(16)33-12-19)5-20-7-15(1-2-31-20)26(35)34-11-18-8-21-22(28)13-32-24(21)9-23(18)29;18-14-6-12-3-10(4-13(8-19)16(12)21-9-14)5-15-7-11(17(22)23)1-2-20-15;10-7-4-13-9-2-8(11)5(3-12)1-6(7)9;1-2;/h1-4,6-9,12-13,32H,5,11H2,(H,34,35);1-4,6-7,9H,5H2,(H,22,23);1-2,4,13H,3,12H2;1H3;1H/i;;;1D;. The van der Waals surface area contributed by atoms with E-state index in [4.69, 9.17) is 58.6 Å². The summed E-state index contributed by atoms with van der Waals surface area (Å²) in [7, 11) is -1.00. The monoisotopic (exact) mass is 1100 g/mol. The van der Waals surface area contributed by atoms with Gasteiger partial charge in [0.1, 0.15) is 23.8 Å². The quantitative estimate of drug-likeness (QED) is 0.0919. The predicted octanol–water partition coefficient (Wildman–Crippen LogP) is 12.8. The Morgan fingerprint density at radius 3 is 1.64 bits per heavy atom. The van der Waals surface area contributed by atoms with Gasteiger partial charge in [-0.05, 0) is 96.1 Å². The van der Waals surface area contributed by atoms with Gasteiger partial charge in [0.15, 0.2) is 0 Å². The smallest absolute Gasteiger partial charge is 0.335 e. The number of benzene rings is 4. The van der Waals surface area contributed by atoms with E-state index in [1.54, 1.807) is 67.1 Å². The topological polar surface area (TPSA) is 223 Å². The highest BCUT2D eigenvalue weighted by molar-refractivity contribution is 6.36. The van der Waals surface area contributed by atoms with Gasteiger partial charge < -0.3 is 26.1 Å². The number of alkyl halides is 1. The van der Waals surface area contributed by atoms with Crippen LogP contribution < -0.4 is 11.1 Å². The van der Waals surface area contributed by atoms with Crippen LogP contribution in [0.15, 0.2) is 122 Å². The van der Waals surface area contributed by atoms with Crippen LogP contribution in [0.2, 0.25) is 20.1 Å². The van der Waals surface area contributed by atoms with E-state index in [1.165, 1.54) is 42.9 Å². The highest BCUT2D eigenvalue weighted by Crippen LogP contribution is 2.28. The van der Waals surface area contributed by atoms with Gasteiger partial charge in [0.05, 0.1) is 56.3 Å². The Labute approximate surface area is 447 Å². The maximum Gasteiger partial charge on any atom is 0.335 e. The molecule has 0 bridgehead atoms. The number of halogens is 8. The summed E-state index contributed by atoms with van der Waals surface area (Å²) in [5, 5.41) is 35.6. The van der Waals surface area contributed by atoms with Crippen LogP contribution in [-0.2, 0) is 25.9 Å². The Morgan fingerprint density at radius 2 is 1.16 bits per heavy atom. The number of carboxylic acid groups (broad SMARTS) is 1. The average molecular weight is 1100 g/mol. The average Bonchev–Trinajstić information content (AvgIpc) is 3.93. The first-order chi connectivity index (χ1) is 35.6. The number of rotatable bonds is 9. The van der Waals surface area contributed by atoms with Crippen LogP contribution in [0.1, 0.15) is 66.9 Å². The van der Waals surface area contributed by atoms with Crippen molar-refractivity contribution in [3.63, 3.8) is 0 Å². The molecule has 374 valence electrons. The van der Waals surface area contributed by atoms with Crippen molar-refractivity contribution in [1.82, 2.24) is 35.2 Å². The van der Waals surface area contributed by atoms with Gasteiger partial charge in [-0.1, -0.05) is 46.4 Å². The molecule has 0 unspecified atom stereocenters. The number of H-pyrrole nitrogens is 2. The molecule has 4 aromatic carbocycles. The minimum atomic E-state index is -1.00. The molecule has 1 amide bonds. The zero-order valence-electron chi connectivity index (χ0n) is 39.2. The van der Waals surface area contributed by atoms with Crippen LogP contribution in [0.4, 0.5) is 13.2 Å². The highest BCUT2D eigenvalue weighted by atomic mass is 35.5. The fraction of sp³-hybridized carbons (Fsp3) is 0.0943. The van der Waals surface area contributed by atoms with Gasteiger partial charge in [-0.3, -0.25) is 29.1 Å². The Balaban J connectivity index is 0.000000195. The van der Waals surface area contributed by atoms with E-state index in [9.17, 15) is 33.3 Å². The molecule has 0 aliphatic carbocycles. The minimum Gasteiger partial charge on any atom is -0.478 e. The summed E-state index contributed by atoms with van der Waals surface area (Å²) in [4.78, 5) is 46.5. The van der Waals surface area contributed by atoms with E-state index >= 15 is 0 Å². The second-order valence-electron chi connectivity index (χ2n) is 15.8. The highest BCUT2D eigenvalue weighted by Gasteiger charge is 2.15. The molecule has 0 fully saturated rings. The third kappa shape index (κ3) is 13.2. The molecule has 74 heavy (non-hydrogen) atoms. The SMILES string of the molecule is Cl.N#Cc1cc(Cc2cc(C(=O)NCc3cc4c(Cl)c[nH]c4cc3F)ccn2)cc2cc(Cl)cnc12.N#Cc1cc(Cc2cc(C(=O)O)ccn2)cc2cc(Cl)cnc12.NCc1cc2c(Cl)c[nH]c2cc1F.[2H]CF.